The first kappa shape index (κ1) is 10.1. The van der Waals surface area contributed by atoms with E-state index < -0.39 is 0 Å². The number of carbonyl (C=O) groups is 1. The summed E-state index contributed by atoms with van der Waals surface area (Å²) in [7, 11) is 0. The minimum absolute atomic E-state index is 0.533. The van der Waals surface area contributed by atoms with Crippen LogP contribution in [0.3, 0.4) is 0 Å². The Balaban J connectivity index is 2.17. The van der Waals surface area contributed by atoms with Crippen molar-refractivity contribution in [3.63, 3.8) is 0 Å². The van der Waals surface area contributed by atoms with Crippen LogP contribution in [0.25, 0.3) is 0 Å². The average molecular weight is 205 g/mol. The SMILES string of the molecule is CCC1CCCN1c1ncc(C=O)cn1. The number of hydrogen-bond acceptors (Lipinski definition) is 4. The second kappa shape index (κ2) is 4.38. The zero-order valence-electron chi connectivity index (χ0n) is 8.89. The fraction of sp³-hybridized carbons (Fsp3) is 0.545. The molecule has 15 heavy (non-hydrogen) atoms. The molecule has 1 aliphatic rings. The summed E-state index contributed by atoms with van der Waals surface area (Å²) in [5, 5.41) is 0. The first-order valence-electron chi connectivity index (χ1n) is 5.39. The van der Waals surface area contributed by atoms with Gasteiger partial charge in [-0.3, -0.25) is 4.79 Å². The van der Waals surface area contributed by atoms with Gasteiger partial charge in [0.05, 0.1) is 5.56 Å². The van der Waals surface area contributed by atoms with Crippen molar-refractivity contribution >= 4 is 12.2 Å². The molecule has 1 aromatic rings. The second-order valence-electron chi connectivity index (χ2n) is 3.83. The third kappa shape index (κ3) is 1.98. The van der Waals surface area contributed by atoms with Gasteiger partial charge in [-0.2, -0.15) is 0 Å². The Labute approximate surface area is 89.3 Å². The van der Waals surface area contributed by atoms with Crippen LogP contribution in [-0.4, -0.2) is 28.8 Å². The van der Waals surface area contributed by atoms with Gasteiger partial charge in [-0.05, 0) is 19.3 Å². The van der Waals surface area contributed by atoms with E-state index in [2.05, 4.69) is 21.8 Å². The van der Waals surface area contributed by atoms with E-state index in [0.29, 0.717) is 11.6 Å². The Morgan fingerprint density at radius 2 is 2.27 bits per heavy atom. The molecule has 2 heterocycles. The lowest BCUT2D eigenvalue weighted by Gasteiger charge is -2.23. The molecule has 0 N–H and O–H groups in total. The molecule has 80 valence electrons. The van der Waals surface area contributed by atoms with Gasteiger partial charge in [0.2, 0.25) is 5.95 Å². The topological polar surface area (TPSA) is 46.1 Å². The van der Waals surface area contributed by atoms with Crippen molar-refractivity contribution in [2.45, 2.75) is 32.2 Å². The van der Waals surface area contributed by atoms with Crippen molar-refractivity contribution in [2.75, 3.05) is 11.4 Å². The highest BCUT2D eigenvalue weighted by atomic mass is 16.1. The average Bonchev–Trinajstić information content (AvgIpc) is 2.77. The molecule has 4 heteroatoms. The van der Waals surface area contributed by atoms with E-state index in [1.165, 1.54) is 12.8 Å². The van der Waals surface area contributed by atoms with Crippen LogP contribution in [0.15, 0.2) is 12.4 Å². The van der Waals surface area contributed by atoms with E-state index in [9.17, 15) is 4.79 Å². The first-order chi connectivity index (χ1) is 7.35. The van der Waals surface area contributed by atoms with Crippen molar-refractivity contribution in [1.29, 1.82) is 0 Å². The molecular formula is C11H15N3O. The molecule has 2 rings (SSSR count). The summed E-state index contributed by atoms with van der Waals surface area (Å²) in [4.78, 5) is 21.1. The summed E-state index contributed by atoms with van der Waals surface area (Å²) in [5.74, 6) is 0.755. The van der Waals surface area contributed by atoms with Crippen LogP contribution >= 0.6 is 0 Å². The monoisotopic (exact) mass is 205 g/mol. The molecule has 0 saturated carbocycles. The van der Waals surface area contributed by atoms with Gasteiger partial charge in [-0.1, -0.05) is 6.92 Å². The molecule has 0 bridgehead atoms. The minimum Gasteiger partial charge on any atom is -0.338 e. The number of rotatable bonds is 3. The first-order valence-corrected chi connectivity index (χ1v) is 5.39. The molecule has 0 aromatic carbocycles. The summed E-state index contributed by atoms with van der Waals surface area (Å²) in [6, 6.07) is 0.562. The van der Waals surface area contributed by atoms with E-state index in [1.54, 1.807) is 12.4 Å². The van der Waals surface area contributed by atoms with Gasteiger partial charge in [0, 0.05) is 25.0 Å². The summed E-state index contributed by atoms with van der Waals surface area (Å²) in [5.41, 5.74) is 0.533. The molecule has 0 amide bonds. The molecule has 1 saturated heterocycles. The van der Waals surface area contributed by atoms with E-state index in [-0.39, 0.29) is 0 Å². The highest BCUT2D eigenvalue weighted by Crippen LogP contribution is 2.23. The Morgan fingerprint density at radius 1 is 1.53 bits per heavy atom. The van der Waals surface area contributed by atoms with Crippen molar-refractivity contribution in [3.05, 3.63) is 18.0 Å². The number of hydrogen-bond donors (Lipinski definition) is 0. The molecule has 1 aliphatic heterocycles. The van der Waals surface area contributed by atoms with Crippen molar-refractivity contribution in [1.82, 2.24) is 9.97 Å². The minimum atomic E-state index is 0.533. The van der Waals surface area contributed by atoms with E-state index in [1.807, 2.05) is 0 Å². The molecule has 0 spiro atoms. The van der Waals surface area contributed by atoms with Crippen LogP contribution in [0.2, 0.25) is 0 Å². The van der Waals surface area contributed by atoms with Crippen LogP contribution in [0.5, 0.6) is 0 Å². The molecule has 1 fully saturated rings. The van der Waals surface area contributed by atoms with Gasteiger partial charge < -0.3 is 4.90 Å². The predicted molar refractivity (Wildman–Crippen MR) is 58.1 cm³/mol. The van der Waals surface area contributed by atoms with E-state index in [4.69, 9.17) is 0 Å². The summed E-state index contributed by atoms with van der Waals surface area (Å²) in [6.07, 6.45) is 7.48. The molecular weight excluding hydrogens is 190 g/mol. The van der Waals surface area contributed by atoms with Crippen LogP contribution in [0.1, 0.15) is 36.5 Å². The van der Waals surface area contributed by atoms with Gasteiger partial charge in [0.15, 0.2) is 6.29 Å². The van der Waals surface area contributed by atoms with Crippen molar-refractivity contribution in [3.8, 4) is 0 Å². The Morgan fingerprint density at radius 3 is 2.87 bits per heavy atom. The predicted octanol–water partition coefficient (Wildman–Crippen LogP) is 1.67. The third-order valence-electron chi connectivity index (χ3n) is 2.90. The second-order valence-corrected chi connectivity index (χ2v) is 3.83. The summed E-state index contributed by atoms with van der Waals surface area (Å²) in [6.45, 7) is 3.21. The van der Waals surface area contributed by atoms with Crippen LogP contribution in [0, 0.1) is 0 Å². The number of aromatic nitrogens is 2. The lowest BCUT2D eigenvalue weighted by atomic mass is 10.2. The van der Waals surface area contributed by atoms with E-state index in [0.717, 1.165) is 25.2 Å². The maximum atomic E-state index is 10.5. The highest BCUT2D eigenvalue weighted by molar-refractivity contribution is 5.73. The Bertz CT molecular complexity index is 336. The fourth-order valence-electron chi connectivity index (χ4n) is 2.06. The summed E-state index contributed by atoms with van der Waals surface area (Å²) < 4.78 is 0. The Kier molecular flexibility index (Phi) is 2.94. The van der Waals surface area contributed by atoms with Crippen molar-refractivity contribution < 1.29 is 4.79 Å². The standard InChI is InChI=1S/C11H15N3O/c1-2-10-4-3-5-14(10)11-12-6-9(8-15)7-13-11/h6-8,10H,2-5H2,1H3. The van der Waals surface area contributed by atoms with Gasteiger partial charge in [-0.25, -0.2) is 9.97 Å². The highest BCUT2D eigenvalue weighted by Gasteiger charge is 2.24. The van der Waals surface area contributed by atoms with Gasteiger partial charge in [0.1, 0.15) is 0 Å². The third-order valence-corrected chi connectivity index (χ3v) is 2.90. The molecule has 0 aliphatic carbocycles. The zero-order chi connectivity index (χ0) is 10.7. The molecule has 4 nitrogen and oxygen atoms in total. The quantitative estimate of drug-likeness (QED) is 0.704. The molecule has 1 aromatic heterocycles. The van der Waals surface area contributed by atoms with Crippen LogP contribution in [-0.2, 0) is 0 Å². The lowest BCUT2D eigenvalue weighted by molar-refractivity contribution is 0.112. The number of nitrogens with zero attached hydrogens (tertiary/aromatic N) is 3. The lowest BCUT2D eigenvalue weighted by Crippen LogP contribution is -2.30. The smallest absolute Gasteiger partial charge is 0.225 e. The number of aldehydes is 1. The van der Waals surface area contributed by atoms with Crippen LogP contribution < -0.4 is 4.90 Å². The van der Waals surface area contributed by atoms with Crippen LogP contribution in [0.4, 0.5) is 5.95 Å². The van der Waals surface area contributed by atoms with Gasteiger partial charge in [-0.15, -0.1) is 0 Å². The molecule has 1 unspecified atom stereocenters. The van der Waals surface area contributed by atoms with E-state index >= 15 is 0 Å². The normalized spacial score (nSPS) is 20.6. The number of anilines is 1. The maximum Gasteiger partial charge on any atom is 0.225 e. The zero-order valence-corrected chi connectivity index (χ0v) is 8.89. The maximum absolute atomic E-state index is 10.5. The van der Waals surface area contributed by atoms with Crippen molar-refractivity contribution in [2.24, 2.45) is 0 Å². The van der Waals surface area contributed by atoms with Gasteiger partial charge >= 0.3 is 0 Å². The molecule has 1 atom stereocenters. The summed E-state index contributed by atoms with van der Waals surface area (Å²) >= 11 is 0. The Hall–Kier alpha value is -1.45. The largest absolute Gasteiger partial charge is 0.338 e. The van der Waals surface area contributed by atoms with Gasteiger partial charge in [0.25, 0.3) is 0 Å². The fourth-order valence-corrected chi connectivity index (χ4v) is 2.06. The molecule has 0 radical (unpaired) electrons. The number of carbonyl (C=O) groups excluding carboxylic acids is 1.